The third kappa shape index (κ3) is 7.65. The van der Waals surface area contributed by atoms with Crippen molar-refractivity contribution in [1.82, 2.24) is 25.1 Å². The van der Waals surface area contributed by atoms with Crippen LogP contribution in [0, 0.1) is 5.82 Å². The molecule has 1 fully saturated rings. The quantitative estimate of drug-likeness (QED) is 0.274. The standard InChI is InChI=1S/C26H30FN5O6.ClH/c27-19-4-2-17(3-5-19)14-18-15-20-22(30-16-18)23(33)21(25(35)32(20)8-1-6-29-26(36)37)24(34)28-7-9-31-10-12-38-13-11-31;/h2-5,15-16,29,33H,1,6-14H2,(H,28,34)(H,36,37);1H. The lowest BCUT2D eigenvalue weighted by Crippen LogP contribution is -2.42. The first-order valence-corrected chi connectivity index (χ1v) is 12.4. The number of nitrogens with zero attached hydrogens (tertiary/aromatic N) is 3. The molecule has 4 N–H and O–H groups in total. The van der Waals surface area contributed by atoms with E-state index in [9.17, 15) is 23.9 Å². The summed E-state index contributed by atoms with van der Waals surface area (Å²) in [6, 6.07) is 7.69. The molecule has 39 heavy (non-hydrogen) atoms. The molecule has 4 rings (SSSR count). The van der Waals surface area contributed by atoms with Gasteiger partial charge >= 0.3 is 6.09 Å². The molecule has 0 aliphatic carbocycles. The van der Waals surface area contributed by atoms with E-state index in [4.69, 9.17) is 9.84 Å². The van der Waals surface area contributed by atoms with Crippen LogP contribution in [0.15, 0.2) is 41.3 Å². The maximum atomic E-state index is 13.5. The number of pyridine rings is 2. The molecule has 0 saturated carbocycles. The minimum atomic E-state index is -1.18. The van der Waals surface area contributed by atoms with Crippen LogP contribution in [0.4, 0.5) is 9.18 Å². The van der Waals surface area contributed by atoms with Gasteiger partial charge in [-0.25, -0.2) is 9.18 Å². The number of carboxylic acid groups (broad SMARTS) is 1. The molecule has 1 saturated heterocycles. The first-order valence-electron chi connectivity index (χ1n) is 12.4. The minimum absolute atomic E-state index is 0. The number of fused-ring (bicyclic) bond motifs is 1. The Hall–Kier alpha value is -3.74. The van der Waals surface area contributed by atoms with Crippen molar-refractivity contribution in [3.63, 3.8) is 0 Å². The second-order valence-electron chi connectivity index (χ2n) is 8.99. The summed E-state index contributed by atoms with van der Waals surface area (Å²) in [6.45, 7) is 3.77. The van der Waals surface area contributed by atoms with E-state index in [-0.39, 0.29) is 49.8 Å². The van der Waals surface area contributed by atoms with E-state index in [0.717, 1.165) is 18.7 Å². The maximum Gasteiger partial charge on any atom is 0.404 e. The zero-order valence-electron chi connectivity index (χ0n) is 21.2. The summed E-state index contributed by atoms with van der Waals surface area (Å²) in [7, 11) is 0. The molecule has 11 nitrogen and oxygen atoms in total. The molecule has 0 spiro atoms. The van der Waals surface area contributed by atoms with E-state index in [0.29, 0.717) is 37.3 Å². The van der Waals surface area contributed by atoms with Crippen molar-refractivity contribution in [2.75, 3.05) is 45.9 Å². The van der Waals surface area contributed by atoms with Gasteiger partial charge in [-0.05, 0) is 42.2 Å². The summed E-state index contributed by atoms with van der Waals surface area (Å²) in [5, 5.41) is 24.7. The molecule has 0 radical (unpaired) electrons. The molecule has 210 valence electrons. The van der Waals surface area contributed by atoms with Gasteiger partial charge in [0.25, 0.3) is 11.5 Å². The number of nitrogens with one attached hydrogen (secondary N) is 2. The van der Waals surface area contributed by atoms with Crippen LogP contribution in [0.5, 0.6) is 5.75 Å². The van der Waals surface area contributed by atoms with Crippen molar-refractivity contribution in [3.8, 4) is 5.75 Å². The highest BCUT2D eigenvalue weighted by molar-refractivity contribution is 6.01. The van der Waals surface area contributed by atoms with Crippen LogP contribution in [0.2, 0.25) is 0 Å². The number of morpholine rings is 1. The Balaban J connectivity index is 0.00000420. The molecule has 13 heteroatoms. The highest BCUT2D eigenvalue weighted by Crippen LogP contribution is 2.26. The van der Waals surface area contributed by atoms with Crippen LogP contribution in [-0.4, -0.2) is 82.6 Å². The highest BCUT2D eigenvalue weighted by Gasteiger charge is 2.23. The van der Waals surface area contributed by atoms with Gasteiger partial charge in [-0.2, -0.15) is 0 Å². The second-order valence-corrected chi connectivity index (χ2v) is 8.99. The summed E-state index contributed by atoms with van der Waals surface area (Å²) in [6.07, 6.45) is 1.03. The average Bonchev–Trinajstić information content (AvgIpc) is 2.90. The number of aromatic nitrogens is 2. The summed E-state index contributed by atoms with van der Waals surface area (Å²) >= 11 is 0. The molecule has 3 aromatic rings. The fraction of sp³-hybridized carbons (Fsp3) is 0.385. The minimum Gasteiger partial charge on any atom is -0.505 e. The third-order valence-corrected chi connectivity index (χ3v) is 6.34. The monoisotopic (exact) mass is 563 g/mol. The van der Waals surface area contributed by atoms with Crippen molar-refractivity contribution < 1.29 is 28.9 Å². The number of hydrogen-bond donors (Lipinski definition) is 4. The highest BCUT2D eigenvalue weighted by atomic mass is 35.5. The van der Waals surface area contributed by atoms with Gasteiger partial charge in [-0.1, -0.05) is 12.1 Å². The van der Waals surface area contributed by atoms with E-state index >= 15 is 0 Å². The third-order valence-electron chi connectivity index (χ3n) is 6.34. The van der Waals surface area contributed by atoms with Gasteiger partial charge in [0.15, 0.2) is 5.75 Å². The van der Waals surface area contributed by atoms with E-state index in [1.807, 2.05) is 0 Å². The molecule has 2 amide bonds. The number of hydrogen-bond acceptors (Lipinski definition) is 7. The number of amides is 2. The SMILES string of the molecule is Cl.O=C(O)NCCCn1c(=O)c(C(=O)NCCN2CCOCC2)c(O)c2ncc(Cc3ccc(F)cc3)cc21. The lowest BCUT2D eigenvalue weighted by Gasteiger charge is -2.26. The molecule has 1 aliphatic rings. The first-order chi connectivity index (χ1) is 18.3. The van der Waals surface area contributed by atoms with Crippen molar-refractivity contribution in [1.29, 1.82) is 0 Å². The lowest BCUT2D eigenvalue weighted by molar-refractivity contribution is 0.0383. The predicted molar refractivity (Wildman–Crippen MR) is 144 cm³/mol. The Labute approximate surface area is 230 Å². The molecule has 3 heterocycles. The zero-order chi connectivity index (χ0) is 27.1. The second kappa shape index (κ2) is 13.9. The van der Waals surface area contributed by atoms with Gasteiger partial charge < -0.3 is 30.2 Å². The normalized spacial score (nSPS) is 13.6. The van der Waals surface area contributed by atoms with E-state index in [1.54, 1.807) is 18.2 Å². The molecule has 0 unspecified atom stereocenters. The maximum absolute atomic E-state index is 13.5. The van der Waals surface area contributed by atoms with Crippen LogP contribution >= 0.6 is 12.4 Å². The van der Waals surface area contributed by atoms with E-state index in [1.165, 1.54) is 22.9 Å². The summed E-state index contributed by atoms with van der Waals surface area (Å²) in [5.74, 6) is -1.57. The number of aryl methyl sites for hydroxylation is 1. The first kappa shape index (κ1) is 29.8. The van der Waals surface area contributed by atoms with Crippen molar-refractivity contribution in [2.45, 2.75) is 19.4 Å². The Morgan fingerprint density at radius 2 is 1.77 bits per heavy atom. The number of benzene rings is 1. The summed E-state index contributed by atoms with van der Waals surface area (Å²) in [5.41, 5.74) is 0.819. The number of aromatic hydroxyl groups is 1. The largest absolute Gasteiger partial charge is 0.505 e. The van der Waals surface area contributed by atoms with E-state index < -0.39 is 28.9 Å². The molecule has 0 bridgehead atoms. The van der Waals surface area contributed by atoms with Gasteiger partial charge in [0.2, 0.25) is 0 Å². The zero-order valence-corrected chi connectivity index (χ0v) is 22.0. The van der Waals surface area contributed by atoms with Gasteiger partial charge in [0.1, 0.15) is 16.9 Å². The molecule has 0 atom stereocenters. The van der Waals surface area contributed by atoms with Gasteiger partial charge in [-0.3, -0.25) is 19.5 Å². The molecular weight excluding hydrogens is 533 g/mol. The fourth-order valence-electron chi connectivity index (χ4n) is 4.38. The van der Waals surface area contributed by atoms with Gasteiger partial charge in [-0.15, -0.1) is 12.4 Å². The Morgan fingerprint density at radius 1 is 1.05 bits per heavy atom. The van der Waals surface area contributed by atoms with Crippen molar-refractivity contribution in [3.05, 3.63) is 69.4 Å². The number of carbonyl (C=O) groups excluding carboxylic acids is 1. The van der Waals surface area contributed by atoms with Crippen LogP contribution in [-0.2, 0) is 17.7 Å². The smallest absolute Gasteiger partial charge is 0.404 e. The lowest BCUT2D eigenvalue weighted by atomic mass is 10.1. The van der Waals surface area contributed by atoms with E-state index in [2.05, 4.69) is 20.5 Å². The van der Waals surface area contributed by atoms with Gasteiger partial charge in [0.05, 0.1) is 18.7 Å². The van der Waals surface area contributed by atoms with Crippen LogP contribution in [0.1, 0.15) is 27.9 Å². The summed E-state index contributed by atoms with van der Waals surface area (Å²) < 4.78 is 19.9. The number of carbonyl (C=O) groups is 2. The molecular formula is C26H31ClFN5O6. The number of rotatable bonds is 10. The predicted octanol–water partition coefficient (Wildman–Crippen LogP) is 1.97. The van der Waals surface area contributed by atoms with Crippen LogP contribution in [0.3, 0.4) is 0 Å². The Bertz CT molecular complexity index is 1360. The molecule has 2 aromatic heterocycles. The van der Waals surface area contributed by atoms with Crippen molar-refractivity contribution >= 4 is 35.4 Å². The Morgan fingerprint density at radius 3 is 2.46 bits per heavy atom. The Kier molecular flexibility index (Phi) is 10.6. The number of ether oxygens (including phenoxy) is 1. The number of halogens is 2. The fourth-order valence-corrected chi connectivity index (χ4v) is 4.38. The summed E-state index contributed by atoms with van der Waals surface area (Å²) in [4.78, 5) is 43.8. The van der Waals surface area contributed by atoms with Crippen LogP contribution < -0.4 is 16.2 Å². The molecule has 1 aliphatic heterocycles. The molecule has 1 aromatic carbocycles. The van der Waals surface area contributed by atoms with Gasteiger partial charge in [0, 0.05) is 45.5 Å². The van der Waals surface area contributed by atoms with Crippen LogP contribution in [0.25, 0.3) is 11.0 Å². The topological polar surface area (TPSA) is 146 Å². The average molecular weight is 564 g/mol. The van der Waals surface area contributed by atoms with Crippen molar-refractivity contribution in [2.24, 2.45) is 0 Å².